The molecule has 0 aliphatic carbocycles. The van der Waals surface area contributed by atoms with Crippen LogP contribution in [-0.2, 0) is 18.9 Å². The minimum atomic E-state index is -0.733. The number of aliphatic hydroxyl groups is 1. The van der Waals surface area contributed by atoms with Crippen LogP contribution in [0.3, 0.4) is 0 Å². The Hall–Kier alpha value is -1.67. The molecule has 2 fully saturated rings. The minimum Gasteiger partial charge on any atom is -0.390 e. The molecule has 1 aromatic rings. The molecule has 2 aliphatic heterocycles. The van der Waals surface area contributed by atoms with Crippen molar-refractivity contribution in [1.29, 1.82) is 0 Å². The fourth-order valence-electron chi connectivity index (χ4n) is 2.95. The van der Waals surface area contributed by atoms with Gasteiger partial charge in [-0.05, 0) is 5.53 Å². The summed E-state index contributed by atoms with van der Waals surface area (Å²) in [6, 6.07) is 9.60. The van der Waals surface area contributed by atoms with E-state index in [0.29, 0.717) is 6.61 Å². The molecule has 0 spiro atoms. The molecule has 1 aromatic carbocycles. The molecule has 2 heterocycles. The van der Waals surface area contributed by atoms with Gasteiger partial charge in [0, 0.05) is 22.9 Å². The summed E-state index contributed by atoms with van der Waals surface area (Å²) < 4.78 is 23.1. The number of hydrogen-bond acceptors (Lipinski definition) is 6. The molecule has 2 saturated heterocycles. The molecule has 6 atom stereocenters. The van der Waals surface area contributed by atoms with Crippen molar-refractivity contribution in [2.45, 2.75) is 37.8 Å². The van der Waals surface area contributed by atoms with Crippen molar-refractivity contribution >= 4 is 0 Å². The summed E-state index contributed by atoms with van der Waals surface area (Å²) in [7, 11) is 0. The summed E-state index contributed by atoms with van der Waals surface area (Å²) in [5, 5.41) is 14.0. The largest absolute Gasteiger partial charge is 0.390 e. The molecule has 0 radical (unpaired) electrons. The maximum Gasteiger partial charge on any atom is 0.184 e. The number of rotatable bonds is 5. The summed E-state index contributed by atoms with van der Waals surface area (Å²) in [6.45, 7) is 2.60. The lowest BCUT2D eigenvalue weighted by Crippen LogP contribution is -2.59. The Labute approximate surface area is 139 Å². The highest BCUT2D eigenvalue weighted by Gasteiger charge is 2.47. The quantitative estimate of drug-likeness (QED) is 0.384. The second-order valence-corrected chi connectivity index (χ2v) is 5.89. The van der Waals surface area contributed by atoms with Gasteiger partial charge in [0.1, 0.15) is 12.2 Å². The summed E-state index contributed by atoms with van der Waals surface area (Å²) in [5.41, 5.74) is 9.17. The third kappa shape index (κ3) is 3.70. The van der Waals surface area contributed by atoms with Crippen LogP contribution in [0.2, 0.25) is 0 Å². The van der Waals surface area contributed by atoms with Gasteiger partial charge in [-0.1, -0.05) is 42.4 Å². The fraction of sp³-hybridized carbons (Fsp3) is 0.625. The smallest absolute Gasteiger partial charge is 0.184 e. The lowest BCUT2D eigenvalue weighted by molar-refractivity contribution is -0.351. The highest BCUT2D eigenvalue weighted by Crippen LogP contribution is 2.36. The van der Waals surface area contributed by atoms with Crippen LogP contribution in [0.4, 0.5) is 0 Å². The summed E-state index contributed by atoms with van der Waals surface area (Å²) in [6.07, 6.45) is -2.71. The number of aliphatic hydroxyl groups excluding tert-OH is 1. The molecule has 8 nitrogen and oxygen atoms in total. The molecule has 3 rings (SSSR count). The van der Waals surface area contributed by atoms with Crippen LogP contribution >= 0.6 is 0 Å². The van der Waals surface area contributed by atoms with Crippen LogP contribution in [0.1, 0.15) is 18.8 Å². The van der Waals surface area contributed by atoms with Crippen molar-refractivity contribution in [3.63, 3.8) is 0 Å². The first-order chi connectivity index (χ1) is 11.7. The van der Waals surface area contributed by atoms with Gasteiger partial charge in [0.25, 0.3) is 0 Å². The number of fused-ring (bicyclic) bond motifs is 1. The van der Waals surface area contributed by atoms with Gasteiger partial charge in [0.15, 0.2) is 12.6 Å². The molecule has 0 bridgehead atoms. The van der Waals surface area contributed by atoms with Crippen LogP contribution in [0.5, 0.6) is 0 Å². The Balaban J connectivity index is 1.62. The van der Waals surface area contributed by atoms with Gasteiger partial charge >= 0.3 is 0 Å². The average Bonchev–Trinajstić information content (AvgIpc) is 2.63. The second-order valence-electron chi connectivity index (χ2n) is 5.89. The van der Waals surface area contributed by atoms with Gasteiger partial charge in [0.2, 0.25) is 0 Å². The van der Waals surface area contributed by atoms with E-state index in [1.54, 1.807) is 0 Å². The van der Waals surface area contributed by atoms with Crippen molar-refractivity contribution in [2.75, 3.05) is 19.8 Å². The van der Waals surface area contributed by atoms with E-state index in [1.165, 1.54) is 0 Å². The maximum atomic E-state index is 10.6. The Bertz CT molecular complexity index is 578. The first kappa shape index (κ1) is 17.2. The monoisotopic (exact) mass is 335 g/mol. The first-order valence-electron chi connectivity index (χ1n) is 7.98. The second kappa shape index (κ2) is 7.94. The molecule has 24 heavy (non-hydrogen) atoms. The molecular weight excluding hydrogens is 314 g/mol. The number of nitrogens with zero attached hydrogens (tertiary/aromatic N) is 3. The van der Waals surface area contributed by atoms with Crippen LogP contribution in [-0.4, -0.2) is 49.5 Å². The molecule has 130 valence electrons. The number of hydrogen-bond donors (Lipinski definition) is 1. The molecular formula is C16H21N3O5. The highest BCUT2D eigenvalue weighted by atomic mass is 16.7. The van der Waals surface area contributed by atoms with E-state index in [2.05, 4.69) is 10.0 Å². The molecule has 1 N–H and O–H groups in total. The minimum absolute atomic E-state index is 0.219. The van der Waals surface area contributed by atoms with E-state index in [1.807, 2.05) is 37.3 Å². The lowest BCUT2D eigenvalue weighted by atomic mass is 9.91. The molecule has 0 saturated carbocycles. The average molecular weight is 335 g/mol. The summed E-state index contributed by atoms with van der Waals surface area (Å²) in [4.78, 5) is 2.67. The van der Waals surface area contributed by atoms with Crippen LogP contribution in [0.25, 0.3) is 10.4 Å². The number of azide groups is 1. The van der Waals surface area contributed by atoms with Gasteiger partial charge in [0.05, 0.1) is 19.3 Å². The van der Waals surface area contributed by atoms with E-state index in [-0.39, 0.29) is 19.1 Å². The van der Waals surface area contributed by atoms with Gasteiger partial charge in [-0.15, -0.1) is 0 Å². The van der Waals surface area contributed by atoms with Crippen LogP contribution in [0.15, 0.2) is 35.4 Å². The van der Waals surface area contributed by atoms with Crippen molar-refractivity contribution in [2.24, 2.45) is 11.0 Å². The molecule has 2 aliphatic rings. The lowest BCUT2D eigenvalue weighted by Gasteiger charge is -2.47. The zero-order valence-electron chi connectivity index (χ0n) is 13.4. The summed E-state index contributed by atoms with van der Waals surface area (Å²) >= 11 is 0. The van der Waals surface area contributed by atoms with E-state index in [0.717, 1.165) is 5.56 Å². The zero-order valence-corrected chi connectivity index (χ0v) is 13.4. The number of ether oxygens (including phenoxy) is 4. The summed E-state index contributed by atoms with van der Waals surface area (Å²) in [5.74, 6) is -0.271. The van der Waals surface area contributed by atoms with Gasteiger partial charge in [-0.3, -0.25) is 0 Å². The third-order valence-electron chi connectivity index (χ3n) is 4.28. The van der Waals surface area contributed by atoms with Crippen molar-refractivity contribution in [1.82, 2.24) is 0 Å². The zero-order chi connectivity index (χ0) is 16.9. The van der Waals surface area contributed by atoms with Crippen LogP contribution < -0.4 is 0 Å². The molecule has 3 unspecified atom stereocenters. The predicted molar refractivity (Wildman–Crippen MR) is 83.8 cm³/mol. The highest BCUT2D eigenvalue weighted by molar-refractivity contribution is 5.16. The van der Waals surface area contributed by atoms with Crippen molar-refractivity contribution < 1.29 is 24.1 Å². The SMILES string of the molecule is CC1[C@@H](OCCN=[N+]=[N-])OC2COC(c3ccccc3)O[C@H]2[C@@H]1O. The van der Waals surface area contributed by atoms with Crippen molar-refractivity contribution in [3.05, 3.63) is 46.3 Å². The van der Waals surface area contributed by atoms with Gasteiger partial charge < -0.3 is 24.1 Å². The fourth-order valence-corrected chi connectivity index (χ4v) is 2.95. The Morgan fingerprint density at radius 2 is 2.12 bits per heavy atom. The van der Waals surface area contributed by atoms with E-state index in [9.17, 15) is 5.11 Å². The van der Waals surface area contributed by atoms with Crippen molar-refractivity contribution in [3.8, 4) is 0 Å². The van der Waals surface area contributed by atoms with Crippen LogP contribution in [0, 0.1) is 5.92 Å². The van der Waals surface area contributed by atoms with Gasteiger partial charge in [-0.2, -0.15) is 0 Å². The normalized spacial score (nSPS) is 35.8. The number of benzene rings is 1. The topological polar surface area (TPSA) is 106 Å². The molecule has 0 aromatic heterocycles. The Morgan fingerprint density at radius 1 is 1.33 bits per heavy atom. The Kier molecular flexibility index (Phi) is 5.68. The molecule has 8 heteroatoms. The van der Waals surface area contributed by atoms with E-state index < -0.39 is 30.9 Å². The third-order valence-corrected chi connectivity index (χ3v) is 4.28. The standard InChI is InChI=1S/C16H21N3O5/c1-10-13(20)14-12(23-15(10)21-8-7-18-19-17)9-22-16(24-14)11-5-3-2-4-6-11/h2-6,10,12-16,20H,7-9H2,1H3/t10?,12?,13-,14-,15+,16?/m1/s1. The van der Waals surface area contributed by atoms with E-state index in [4.69, 9.17) is 24.5 Å². The van der Waals surface area contributed by atoms with Gasteiger partial charge in [-0.25, -0.2) is 0 Å². The predicted octanol–water partition coefficient (Wildman–Crippen LogP) is 2.15. The van der Waals surface area contributed by atoms with E-state index >= 15 is 0 Å². The first-order valence-corrected chi connectivity index (χ1v) is 7.98. The Morgan fingerprint density at radius 3 is 2.88 bits per heavy atom. The molecule has 0 amide bonds. The maximum absolute atomic E-state index is 10.6.